The van der Waals surface area contributed by atoms with Crippen LogP contribution in [0.25, 0.3) is 0 Å². The number of hydrogen-bond donors (Lipinski definition) is 2. The molecule has 1 aromatic rings. The Morgan fingerprint density at radius 2 is 2.05 bits per heavy atom. The van der Waals surface area contributed by atoms with E-state index in [0.29, 0.717) is 6.54 Å². The summed E-state index contributed by atoms with van der Waals surface area (Å²) in [5.74, 6) is 5.14. The summed E-state index contributed by atoms with van der Waals surface area (Å²) in [5, 5.41) is 4.96. The van der Waals surface area contributed by atoms with Gasteiger partial charge in [-0.2, -0.15) is 13.2 Å². The fourth-order valence-electron chi connectivity index (χ4n) is 1.27. The molecule has 1 rings (SSSR count). The molecule has 19 heavy (non-hydrogen) atoms. The van der Waals surface area contributed by atoms with Gasteiger partial charge in [0.2, 0.25) is 0 Å². The summed E-state index contributed by atoms with van der Waals surface area (Å²) in [6, 6.07) is 4.37. The number of hydrogen-bond acceptors (Lipinski definition) is 1. The standard InChI is InChI=1S/C13H13F3N2O/c1-2-17-12(19)18-8-4-6-10-5-3-7-11(9-10)13(14,15)16/h3,5,7,9H,2,8H2,1H3,(H2,17,18,19). The van der Waals surface area contributed by atoms with Crippen molar-refractivity contribution in [2.24, 2.45) is 0 Å². The highest BCUT2D eigenvalue weighted by molar-refractivity contribution is 5.74. The van der Waals surface area contributed by atoms with Crippen molar-refractivity contribution in [1.29, 1.82) is 0 Å². The van der Waals surface area contributed by atoms with Crippen LogP contribution in [-0.4, -0.2) is 19.1 Å². The predicted octanol–water partition coefficient (Wildman–Crippen LogP) is 2.38. The molecule has 0 aromatic heterocycles. The van der Waals surface area contributed by atoms with Gasteiger partial charge < -0.3 is 10.6 Å². The van der Waals surface area contributed by atoms with E-state index in [2.05, 4.69) is 22.5 Å². The van der Waals surface area contributed by atoms with Gasteiger partial charge in [0, 0.05) is 12.1 Å². The molecule has 102 valence electrons. The number of nitrogens with one attached hydrogen (secondary N) is 2. The fourth-order valence-corrected chi connectivity index (χ4v) is 1.27. The minimum atomic E-state index is -4.38. The van der Waals surface area contributed by atoms with Gasteiger partial charge in [-0.15, -0.1) is 0 Å². The Hall–Kier alpha value is -2.16. The lowest BCUT2D eigenvalue weighted by atomic mass is 10.1. The minimum Gasteiger partial charge on any atom is -0.338 e. The van der Waals surface area contributed by atoms with Crippen molar-refractivity contribution < 1.29 is 18.0 Å². The zero-order valence-electron chi connectivity index (χ0n) is 10.3. The molecule has 1 aromatic carbocycles. The second-order valence-electron chi connectivity index (χ2n) is 3.59. The average molecular weight is 270 g/mol. The maximum atomic E-state index is 12.4. The van der Waals surface area contributed by atoms with E-state index < -0.39 is 11.7 Å². The molecular weight excluding hydrogens is 257 g/mol. The zero-order chi connectivity index (χ0) is 14.3. The Labute approximate surface area is 109 Å². The molecule has 0 saturated carbocycles. The van der Waals surface area contributed by atoms with Crippen LogP contribution in [0.5, 0.6) is 0 Å². The molecule has 0 heterocycles. The Morgan fingerprint density at radius 3 is 2.68 bits per heavy atom. The van der Waals surface area contributed by atoms with Crippen LogP contribution in [0.2, 0.25) is 0 Å². The number of rotatable bonds is 2. The number of urea groups is 1. The van der Waals surface area contributed by atoms with Crippen LogP contribution in [0.1, 0.15) is 18.1 Å². The summed E-state index contributed by atoms with van der Waals surface area (Å²) < 4.78 is 37.3. The first-order valence-corrected chi connectivity index (χ1v) is 5.61. The van der Waals surface area contributed by atoms with E-state index >= 15 is 0 Å². The molecule has 0 saturated heterocycles. The van der Waals surface area contributed by atoms with Gasteiger partial charge in [0.15, 0.2) is 0 Å². The molecule has 0 aliphatic carbocycles. The number of halogens is 3. The Morgan fingerprint density at radius 1 is 1.32 bits per heavy atom. The van der Waals surface area contributed by atoms with E-state index in [0.717, 1.165) is 12.1 Å². The molecule has 0 aliphatic heterocycles. The number of benzene rings is 1. The van der Waals surface area contributed by atoms with Gasteiger partial charge in [-0.25, -0.2) is 4.79 Å². The van der Waals surface area contributed by atoms with E-state index in [1.54, 1.807) is 6.92 Å². The van der Waals surface area contributed by atoms with Gasteiger partial charge in [0.1, 0.15) is 0 Å². The highest BCUT2D eigenvalue weighted by Gasteiger charge is 2.30. The molecule has 0 atom stereocenters. The van der Waals surface area contributed by atoms with Gasteiger partial charge in [0.25, 0.3) is 0 Å². The summed E-state index contributed by atoms with van der Waals surface area (Å²) >= 11 is 0. The Bertz CT molecular complexity index is 501. The molecule has 2 N–H and O–H groups in total. The van der Waals surface area contributed by atoms with Crippen molar-refractivity contribution in [2.75, 3.05) is 13.1 Å². The summed E-state index contributed by atoms with van der Waals surface area (Å²) in [4.78, 5) is 11.0. The van der Waals surface area contributed by atoms with Crippen molar-refractivity contribution in [3.63, 3.8) is 0 Å². The largest absolute Gasteiger partial charge is 0.416 e. The van der Waals surface area contributed by atoms with Crippen LogP contribution in [0.15, 0.2) is 24.3 Å². The minimum absolute atomic E-state index is 0.0715. The highest BCUT2D eigenvalue weighted by Crippen LogP contribution is 2.29. The van der Waals surface area contributed by atoms with E-state index in [1.807, 2.05) is 0 Å². The number of amides is 2. The molecule has 0 spiro atoms. The van der Waals surface area contributed by atoms with Gasteiger partial charge in [-0.1, -0.05) is 17.9 Å². The number of alkyl halides is 3. The van der Waals surface area contributed by atoms with Crippen molar-refractivity contribution in [1.82, 2.24) is 10.6 Å². The SMILES string of the molecule is CCNC(=O)NCC#Cc1cccc(C(F)(F)F)c1. The first kappa shape index (κ1) is 14.9. The third-order valence-electron chi connectivity index (χ3n) is 2.10. The predicted molar refractivity (Wildman–Crippen MR) is 65.4 cm³/mol. The molecular formula is C13H13F3N2O. The molecule has 0 aliphatic rings. The molecule has 0 radical (unpaired) electrons. The summed E-state index contributed by atoms with van der Waals surface area (Å²) in [6.07, 6.45) is -4.38. The number of carbonyl (C=O) groups is 1. The first-order valence-electron chi connectivity index (χ1n) is 5.61. The van der Waals surface area contributed by atoms with Crippen LogP contribution in [0.4, 0.5) is 18.0 Å². The van der Waals surface area contributed by atoms with Crippen LogP contribution in [-0.2, 0) is 6.18 Å². The molecule has 3 nitrogen and oxygen atoms in total. The topological polar surface area (TPSA) is 41.1 Å². The van der Waals surface area contributed by atoms with E-state index in [1.165, 1.54) is 12.1 Å². The summed E-state index contributed by atoms with van der Waals surface area (Å²) in [6.45, 7) is 2.34. The fraction of sp³-hybridized carbons (Fsp3) is 0.308. The van der Waals surface area contributed by atoms with Crippen LogP contribution in [0, 0.1) is 11.8 Å². The van der Waals surface area contributed by atoms with E-state index in [-0.39, 0.29) is 18.1 Å². The molecule has 0 bridgehead atoms. The molecule has 2 amide bonds. The van der Waals surface area contributed by atoms with Gasteiger partial charge in [0.05, 0.1) is 12.1 Å². The van der Waals surface area contributed by atoms with Crippen LogP contribution >= 0.6 is 0 Å². The first-order chi connectivity index (χ1) is 8.93. The Balaban J connectivity index is 2.61. The maximum absolute atomic E-state index is 12.4. The van der Waals surface area contributed by atoms with Gasteiger partial charge in [-0.05, 0) is 25.1 Å². The molecule has 6 heteroatoms. The lowest BCUT2D eigenvalue weighted by molar-refractivity contribution is -0.137. The van der Waals surface area contributed by atoms with Crippen LogP contribution in [0.3, 0.4) is 0 Å². The van der Waals surface area contributed by atoms with E-state index in [4.69, 9.17) is 0 Å². The monoisotopic (exact) mass is 270 g/mol. The summed E-state index contributed by atoms with van der Waals surface area (Å²) in [5.41, 5.74) is -0.483. The van der Waals surface area contributed by atoms with Crippen molar-refractivity contribution in [3.05, 3.63) is 35.4 Å². The van der Waals surface area contributed by atoms with E-state index in [9.17, 15) is 18.0 Å². The molecule has 0 fully saturated rings. The third kappa shape index (κ3) is 5.34. The second-order valence-corrected chi connectivity index (χ2v) is 3.59. The maximum Gasteiger partial charge on any atom is 0.416 e. The lowest BCUT2D eigenvalue weighted by Gasteiger charge is -2.05. The zero-order valence-corrected chi connectivity index (χ0v) is 10.3. The van der Waals surface area contributed by atoms with Crippen molar-refractivity contribution in [2.45, 2.75) is 13.1 Å². The van der Waals surface area contributed by atoms with Gasteiger partial charge in [-0.3, -0.25) is 0 Å². The Kier molecular flexibility index (Phi) is 5.24. The van der Waals surface area contributed by atoms with Gasteiger partial charge >= 0.3 is 12.2 Å². The normalized spacial score (nSPS) is 10.3. The summed E-state index contributed by atoms with van der Waals surface area (Å²) in [7, 11) is 0. The lowest BCUT2D eigenvalue weighted by Crippen LogP contribution is -2.35. The third-order valence-corrected chi connectivity index (χ3v) is 2.10. The number of carbonyl (C=O) groups excluding carboxylic acids is 1. The van der Waals surface area contributed by atoms with Crippen molar-refractivity contribution in [3.8, 4) is 11.8 Å². The smallest absolute Gasteiger partial charge is 0.338 e. The quantitative estimate of drug-likeness (QED) is 0.796. The second kappa shape index (κ2) is 6.69. The highest BCUT2D eigenvalue weighted by atomic mass is 19.4. The van der Waals surface area contributed by atoms with Crippen molar-refractivity contribution >= 4 is 6.03 Å². The average Bonchev–Trinajstić information content (AvgIpc) is 2.34. The molecule has 0 unspecified atom stereocenters. The van der Waals surface area contributed by atoms with Crippen LogP contribution < -0.4 is 10.6 Å².